The number of pyridine rings is 1. The largest absolute Gasteiger partial charge is 0.478 e. The molecular weight excluding hydrogens is 278 g/mol. The minimum Gasteiger partial charge on any atom is -0.478 e. The Balaban J connectivity index is 1.83. The second kappa shape index (κ2) is 6.15. The van der Waals surface area contributed by atoms with Gasteiger partial charge in [0.05, 0.1) is 11.3 Å². The van der Waals surface area contributed by atoms with Crippen LogP contribution in [0.25, 0.3) is 11.3 Å². The Hall–Kier alpha value is -2.40. The number of piperazine rings is 1. The summed E-state index contributed by atoms with van der Waals surface area (Å²) in [4.78, 5) is 20.2. The average molecular weight is 297 g/mol. The first-order valence-corrected chi connectivity index (χ1v) is 7.38. The number of benzene rings is 1. The predicted octanol–water partition coefficient (Wildman–Crippen LogP) is 2.20. The van der Waals surface area contributed by atoms with Gasteiger partial charge in [-0.15, -0.1) is 0 Å². The monoisotopic (exact) mass is 297 g/mol. The van der Waals surface area contributed by atoms with Crippen LogP contribution in [-0.4, -0.2) is 54.2 Å². The van der Waals surface area contributed by atoms with E-state index in [2.05, 4.69) is 16.8 Å². The third kappa shape index (κ3) is 3.09. The zero-order chi connectivity index (χ0) is 15.5. The zero-order valence-corrected chi connectivity index (χ0v) is 12.6. The van der Waals surface area contributed by atoms with Gasteiger partial charge in [0.25, 0.3) is 0 Å². The predicted molar refractivity (Wildman–Crippen MR) is 86.3 cm³/mol. The van der Waals surface area contributed by atoms with Crippen LogP contribution in [0.2, 0.25) is 0 Å². The van der Waals surface area contributed by atoms with Crippen LogP contribution in [0.15, 0.2) is 42.5 Å². The lowest BCUT2D eigenvalue weighted by Crippen LogP contribution is -2.44. The Kier molecular flexibility index (Phi) is 4.06. The Labute approximate surface area is 129 Å². The lowest BCUT2D eigenvalue weighted by atomic mass is 10.1. The van der Waals surface area contributed by atoms with E-state index in [0.29, 0.717) is 5.56 Å². The Morgan fingerprint density at radius 3 is 2.36 bits per heavy atom. The molecule has 0 saturated carbocycles. The molecule has 0 amide bonds. The molecule has 1 fully saturated rings. The molecule has 3 rings (SSSR count). The molecule has 1 N–H and O–H groups in total. The molecule has 5 heteroatoms. The molecule has 2 aromatic rings. The minimum atomic E-state index is -0.911. The van der Waals surface area contributed by atoms with E-state index in [4.69, 9.17) is 10.1 Å². The molecule has 5 nitrogen and oxygen atoms in total. The summed E-state index contributed by atoms with van der Waals surface area (Å²) < 4.78 is 0. The number of carbonyl (C=O) groups is 1. The van der Waals surface area contributed by atoms with Crippen LogP contribution in [0.5, 0.6) is 0 Å². The van der Waals surface area contributed by atoms with Crippen molar-refractivity contribution in [1.29, 1.82) is 0 Å². The number of hydrogen-bond acceptors (Lipinski definition) is 4. The van der Waals surface area contributed by atoms with Crippen LogP contribution in [0.4, 0.5) is 5.82 Å². The van der Waals surface area contributed by atoms with Crippen LogP contribution in [0, 0.1) is 0 Å². The van der Waals surface area contributed by atoms with Crippen LogP contribution < -0.4 is 4.90 Å². The lowest BCUT2D eigenvalue weighted by molar-refractivity contribution is 0.0697. The highest BCUT2D eigenvalue weighted by Crippen LogP contribution is 2.22. The fourth-order valence-electron chi connectivity index (χ4n) is 2.58. The van der Waals surface area contributed by atoms with Gasteiger partial charge in [-0.2, -0.15) is 0 Å². The first kappa shape index (κ1) is 14.5. The Morgan fingerprint density at radius 2 is 1.73 bits per heavy atom. The minimum absolute atomic E-state index is 0.291. The highest BCUT2D eigenvalue weighted by molar-refractivity contribution is 5.88. The summed E-state index contributed by atoms with van der Waals surface area (Å²) in [5, 5.41) is 8.96. The summed E-state index contributed by atoms with van der Waals surface area (Å²) in [6.07, 6.45) is 0. The average Bonchev–Trinajstić information content (AvgIpc) is 2.56. The SMILES string of the molecule is CN1CCN(c2cccc(-c3ccc(C(=O)O)cc3)n2)CC1. The Morgan fingerprint density at radius 1 is 1.05 bits per heavy atom. The normalized spacial score (nSPS) is 15.8. The number of rotatable bonds is 3. The van der Waals surface area contributed by atoms with E-state index in [9.17, 15) is 4.79 Å². The molecule has 2 heterocycles. The number of nitrogens with zero attached hydrogens (tertiary/aromatic N) is 3. The van der Waals surface area contributed by atoms with Gasteiger partial charge in [0.1, 0.15) is 5.82 Å². The Bertz CT molecular complexity index is 662. The van der Waals surface area contributed by atoms with Gasteiger partial charge < -0.3 is 14.9 Å². The summed E-state index contributed by atoms with van der Waals surface area (Å²) in [6.45, 7) is 4.04. The topological polar surface area (TPSA) is 56.7 Å². The quantitative estimate of drug-likeness (QED) is 0.941. The summed E-state index contributed by atoms with van der Waals surface area (Å²) in [7, 11) is 2.13. The highest BCUT2D eigenvalue weighted by atomic mass is 16.4. The molecule has 0 radical (unpaired) electrons. The molecule has 22 heavy (non-hydrogen) atoms. The van der Waals surface area contributed by atoms with Crippen molar-refractivity contribution in [1.82, 2.24) is 9.88 Å². The van der Waals surface area contributed by atoms with E-state index in [1.165, 1.54) is 0 Å². The van der Waals surface area contributed by atoms with Crippen molar-refractivity contribution >= 4 is 11.8 Å². The molecule has 114 valence electrons. The third-order valence-electron chi connectivity index (χ3n) is 3.99. The summed E-state index contributed by atoms with van der Waals surface area (Å²) in [6, 6.07) is 12.8. The van der Waals surface area contributed by atoms with Gasteiger partial charge in [-0.3, -0.25) is 0 Å². The van der Waals surface area contributed by atoms with Gasteiger partial charge in [0.15, 0.2) is 0 Å². The summed E-state index contributed by atoms with van der Waals surface area (Å²) >= 11 is 0. The van der Waals surface area contributed by atoms with Crippen LogP contribution in [0.1, 0.15) is 10.4 Å². The number of carboxylic acid groups (broad SMARTS) is 1. The molecule has 0 bridgehead atoms. The number of likely N-dealkylation sites (N-methyl/N-ethyl adjacent to an activating group) is 1. The lowest BCUT2D eigenvalue weighted by Gasteiger charge is -2.33. The number of aromatic nitrogens is 1. The molecule has 1 aliphatic heterocycles. The van der Waals surface area contributed by atoms with Crippen molar-refractivity contribution in [2.24, 2.45) is 0 Å². The first-order valence-electron chi connectivity index (χ1n) is 7.38. The van der Waals surface area contributed by atoms with E-state index in [-0.39, 0.29) is 0 Å². The van der Waals surface area contributed by atoms with Crippen molar-refractivity contribution in [3.05, 3.63) is 48.0 Å². The molecule has 0 atom stereocenters. The fraction of sp³-hybridized carbons (Fsp3) is 0.294. The smallest absolute Gasteiger partial charge is 0.335 e. The molecule has 1 aromatic heterocycles. The van der Waals surface area contributed by atoms with Gasteiger partial charge in [0.2, 0.25) is 0 Å². The van der Waals surface area contributed by atoms with Crippen molar-refractivity contribution in [3.8, 4) is 11.3 Å². The second-order valence-corrected chi connectivity index (χ2v) is 5.55. The highest BCUT2D eigenvalue weighted by Gasteiger charge is 2.15. The van der Waals surface area contributed by atoms with Gasteiger partial charge in [-0.25, -0.2) is 9.78 Å². The van der Waals surface area contributed by atoms with Crippen molar-refractivity contribution in [3.63, 3.8) is 0 Å². The van der Waals surface area contributed by atoms with Crippen molar-refractivity contribution in [2.45, 2.75) is 0 Å². The van der Waals surface area contributed by atoms with Crippen molar-refractivity contribution in [2.75, 3.05) is 38.1 Å². The molecule has 1 aliphatic rings. The van der Waals surface area contributed by atoms with Crippen LogP contribution in [0.3, 0.4) is 0 Å². The van der Waals surface area contributed by atoms with Gasteiger partial charge >= 0.3 is 5.97 Å². The van der Waals surface area contributed by atoms with Crippen molar-refractivity contribution < 1.29 is 9.90 Å². The van der Waals surface area contributed by atoms with E-state index in [1.807, 2.05) is 18.2 Å². The standard InChI is InChI=1S/C17H19N3O2/c1-19-9-11-20(12-10-19)16-4-2-3-15(18-16)13-5-7-14(8-6-13)17(21)22/h2-8H,9-12H2,1H3,(H,21,22). The molecule has 1 aromatic carbocycles. The van der Waals surface area contributed by atoms with E-state index < -0.39 is 5.97 Å². The molecule has 1 saturated heterocycles. The molecular formula is C17H19N3O2. The third-order valence-corrected chi connectivity index (χ3v) is 3.99. The number of anilines is 1. The van der Waals surface area contributed by atoms with Gasteiger partial charge in [0, 0.05) is 31.7 Å². The number of hydrogen-bond donors (Lipinski definition) is 1. The first-order chi connectivity index (χ1) is 10.6. The molecule has 0 aliphatic carbocycles. The van der Waals surface area contributed by atoms with Crippen LogP contribution >= 0.6 is 0 Å². The van der Waals surface area contributed by atoms with Gasteiger partial charge in [-0.05, 0) is 31.3 Å². The second-order valence-electron chi connectivity index (χ2n) is 5.55. The number of carboxylic acids is 1. The zero-order valence-electron chi connectivity index (χ0n) is 12.6. The van der Waals surface area contributed by atoms with E-state index in [1.54, 1.807) is 24.3 Å². The van der Waals surface area contributed by atoms with E-state index >= 15 is 0 Å². The van der Waals surface area contributed by atoms with Gasteiger partial charge in [-0.1, -0.05) is 18.2 Å². The molecule has 0 spiro atoms. The maximum atomic E-state index is 10.9. The maximum absolute atomic E-state index is 10.9. The molecule has 0 unspecified atom stereocenters. The summed E-state index contributed by atoms with van der Waals surface area (Å²) in [5.41, 5.74) is 2.09. The maximum Gasteiger partial charge on any atom is 0.335 e. The number of aromatic carboxylic acids is 1. The summed E-state index contributed by atoms with van der Waals surface area (Å²) in [5.74, 6) is 0.0682. The van der Waals surface area contributed by atoms with E-state index in [0.717, 1.165) is 43.3 Å². The van der Waals surface area contributed by atoms with Crippen LogP contribution in [-0.2, 0) is 0 Å². The fourth-order valence-corrected chi connectivity index (χ4v) is 2.58.